The molecule has 2 rings (SSSR count). The number of likely N-dealkylation sites (N-methyl/N-ethyl adjacent to an activating group) is 1. The molecule has 1 aliphatic heterocycles. The Balaban J connectivity index is 2.17. The highest BCUT2D eigenvalue weighted by Crippen LogP contribution is 2.34. The molecule has 0 radical (unpaired) electrons. The first-order chi connectivity index (χ1) is 8.63. The minimum atomic E-state index is 0.108. The molecule has 1 fully saturated rings. The normalized spacial score (nSPS) is 22.2. The smallest absolute Gasteiger partial charge is 0.124 e. The predicted molar refractivity (Wildman–Crippen MR) is 71.8 cm³/mol. The quantitative estimate of drug-likeness (QED) is 0.763. The second-order valence-corrected chi connectivity index (χ2v) is 5.01. The molecule has 100 valence electrons. The molecule has 0 aliphatic carbocycles. The lowest BCUT2D eigenvalue weighted by Crippen LogP contribution is -2.38. The van der Waals surface area contributed by atoms with Gasteiger partial charge in [-0.25, -0.2) is 0 Å². The average Bonchev–Trinajstić information content (AvgIpc) is 2.77. The van der Waals surface area contributed by atoms with Gasteiger partial charge in [0.25, 0.3) is 0 Å². The molecule has 0 saturated carbocycles. The van der Waals surface area contributed by atoms with E-state index in [0.29, 0.717) is 6.04 Å². The fourth-order valence-electron chi connectivity index (χ4n) is 2.89. The van der Waals surface area contributed by atoms with Gasteiger partial charge in [0.05, 0.1) is 0 Å². The molecule has 18 heavy (non-hydrogen) atoms. The van der Waals surface area contributed by atoms with Gasteiger partial charge in [0.2, 0.25) is 0 Å². The van der Waals surface area contributed by atoms with Crippen LogP contribution in [0.3, 0.4) is 0 Å². The predicted octanol–water partition coefficient (Wildman–Crippen LogP) is 1.84. The zero-order valence-corrected chi connectivity index (χ0v) is 11.1. The summed E-state index contributed by atoms with van der Waals surface area (Å²) in [6.07, 6.45) is 2.40. The van der Waals surface area contributed by atoms with Gasteiger partial charge in [-0.3, -0.25) is 4.90 Å². The summed E-state index contributed by atoms with van der Waals surface area (Å²) >= 11 is 0. The molecular weight excluding hydrogens is 228 g/mol. The summed E-state index contributed by atoms with van der Waals surface area (Å²) < 4.78 is 0. The van der Waals surface area contributed by atoms with Crippen molar-refractivity contribution in [2.45, 2.75) is 31.8 Å². The van der Waals surface area contributed by atoms with Crippen LogP contribution in [0.1, 0.15) is 31.4 Å². The number of nitrogens with one attached hydrogen (secondary N) is 1. The van der Waals surface area contributed by atoms with E-state index in [9.17, 15) is 10.2 Å². The van der Waals surface area contributed by atoms with E-state index in [2.05, 4.69) is 17.1 Å². The van der Waals surface area contributed by atoms with Crippen molar-refractivity contribution < 1.29 is 10.2 Å². The fraction of sp³-hybridized carbons (Fsp3) is 0.571. The topological polar surface area (TPSA) is 55.7 Å². The molecule has 0 bridgehead atoms. The van der Waals surface area contributed by atoms with Crippen molar-refractivity contribution in [1.82, 2.24) is 10.2 Å². The summed E-state index contributed by atoms with van der Waals surface area (Å²) in [5.74, 6) is 0.286. The van der Waals surface area contributed by atoms with E-state index < -0.39 is 0 Å². The van der Waals surface area contributed by atoms with Crippen molar-refractivity contribution in [2.24, 2.45) is 0 Å². The number of hydrogen-bond donors (Lipinski definition) is 3. The second-order valence-electron chi connectivity index (χ2n) is 5.01. The van der Waals surface area contributed by atoms with Gasteiger partial charge in [0.15, 0.2) is 0 Å². The SMILES string of the molecule is CNCC1CCCN1C(C)c1ccc(O)cc1O. The highest BCUT2D eigenvalue weighted by Gasteiger charge is 2.29. The molecule has 4 nitrogen and oxygen atoms in total. The molecule has 1 aromatic carbocycles. The number of benzene rings is 1. The molecule has 0 amide bonds. The number of rotatable bonds is 4. The van der Waals surface area contributed by atoms with Crippen molar-refractivity contribution in [3.8, 4) is 11.5 Å². The van der Waals surface area contributed by atoms with Crippen LogP contribution in [-0.4, -0.2) is 41.3 Å². The zero-order valence-electron chi connectivity index (χ0n) is 11.1. The van der Waals surface area contributed by atoms with Crippen LogP contribution in [0, 0.1) is 0 Å². The van der Waals surface area contributed by atoms with Crippen molar-refractivity contribution in [3.05, 3.63) is 23.8 Å². The number of aromatic hydroxyl groups is 2. The maximum atomic E-state index is 9.94. The van der Waals surface area contributed by atoms with Gasteiger partial charge < -0.3 is 15.5 Å². The van der Waals surface area contributed by atoms with Gasteiger partial charge in [-0.15, -0.1) is 0 Å². The summed E-state index contributed by atoms with van der Waals surface area (Å²) in [4.78, 5) is 2.42. The van der Waals surface area contributed by atoms with E-state index in [1.165, 1.54) is 18.9 Å². The van der Waals surface area contributed by atoms with Gasteiger partial charge in [0.1, 0.15) is 11.5 Å². The molecule has 2 atom stereocenters. The van der Waals surface area contributed by atoms with Crippen LogP contribution in [0.5, 0.6) is 11.5 Å². The van der Waals surface area contributed by atoms with Crippen molar-refractivity contribution in [2.75, 3.05) is 20.1 Å². The monoisotopic (exact) mass is 250 g/mol. The number of phenolic OH excluding ortho intramolecular Hbond substituents is 2. The van der Waals surface area contributed by atoms with Gasteiger partial charge in [0, 0.05) is 30.3 Å². The summed E-state index contributed by atoms with van der Waals surface area (Å²) in [7, 11) is 1.97. The second kappa shape index (κ2) is 5.59. The number of phenols is 2. The first kappa shape index (κ1) is 13.2. The Kier molecular flexibility index (Phi) is 4.09. The summed E-state index contributed by atoms with van der Waals surface area (Å²) in [5.41, 5.74) is 0.885. The number of nitrogens with zero attached hydrogens (tertiary/aromatic N) is 1. The van der Waals surface area contributed by atoms with Crippen LogP contribution in [0.2, 0.25) is 0 Å². The standard InChI is InChI=1S/C14H22N2O2/c1-10(13-6-5-12(17)8-14(13)18)16-7-3-4-11(16)9-15-2/h5-6,8,10-11,15,17-18H,3-4,7,9H2,1-2H3. The van der Waals surface area contributed by atoms with E-state index in [-0.39, 0.29) is 17.5 Å². The molecule has 1 heterocycles. The van der Waals surface area contributed by atoms with E-state index in [4.69, 9.17) is 0 Å². The van der Waals surface area contributed by atoms with Crippen molar-refractivity contribution >= 4 is 0 Å². The lowest BCUT2D eigenvalue weighted by atomic mass is 10.0. The van der Waals surface area contributed by atoms with Gasteiger partial charge in [-0.05, 0) is 39.4 Å². The molecular formula is C14H22N2O2. The Labute approximate surface area is 108 Å². The minimum Gasteiger partial charge on any atom is -0.508 e. The van der Waals surface area contributed by atoms with Crippen molar-refractivity contribution in [1.29, 1.82) is 0 Å². The largest absolute Gasteiger partial charge is 0.508 e. The molecule has 2 unspecified atom stereocenters. The summed E-state index contributed by atoms with van der Waals surface area (Å²) in [6, 6.07) is 5.55. The van der Waals surface area contributed by atoms with E-state index >= 15 is 0 Å². The lowest BCUT2D eigenvalue weighted by Gasteiger charge is -2.31. The Morgan fingerprint density at radius 1 is 1.44 bits per heavy atom. The van der Waals surface area contributed by atoms with E-state index in [0.717, 1.165) is 18.7 Å². The Morgan fingerprint density at radius 2 is 2.22 bits per heavy atom. The maximum absolute atomic E-state index is 9.94. The van der Waals surface area contributed by atoms with Crippen LogP contribution in [0.4, 0.5) is 0 Å². The van der Waals surface area contributed by atoms with Crippen LogP contribution >= 0.6 is 0 Å². The Hall–Kier alpha value is -1.26. The third-order valence-corrected chi connectivity index (χ3v) is 3.82. The first-order valence-electron chi connectivity index (χ1n) is 6.55. The highest BCUT2D eigenvalue weighted by molar-refractivity contribution is 5.40. The summed E-state index contributed by atoms with van der Waals surface area (Å²) in [6.45, 7) is 4.15. The molecule has 1 saturated heterocycles. The molecule has 0 aromatic heterocycles. The maximum Gasteiger partial charge on any atom is 0.124 e. The molecule has 4 heteroatoms. The van der Waals surface area contributed by atoms with E-state index in [1.807, 2.05) is 13.1 Å². The van der Waals surface area contributed by atoms with Crippen LogP contribution in [0.25, 0.3) is 0 Å². The Bertz CT molecular complexity index is 409. The fourth-order valence-corrected chi connectivity index (χ4v) is 2.89. The Morgan fingerprint density at radius 3 is 2.89 bits per heavy atom. The number of likely N-dealkylation sites (tertiary alicyclic amines) is 1. The van der Waals surface area contributed by atoms with Gasteiger partial charge >= 0.3 is 0 Å². The van der Waals surface area contributed by atoms with Crippen LogP contribution in [0.15, 0.2) is 18.2 Å². The average molecular weight is 250 g/mol. The van der Waals surface area contributed by atoms with Crippen LogP contribution in [-0.2, 0) is 0 Å². The lowest BCUT2D eigenvalue weighted by molar-refractivity contribution is 0.188. The summed E-state index contributed by atoms with van der Waals surface area (Å²) in [5, 5.41) is 22.5. The minimum absolute atomic E-state index is 0.108. The zero-order chi connectivity index (χ0) is 13.1. The number of hydrogen-bond acceptors (Lipinski definition) is 4. The molecule has 0 spiro atoms. The van der Waals surface area contributed by atoms with Gasteiger partial charge in [-0.2, -0.15) is 0 Å². The first-order valence-corrected chi connectivity index (χ1v) is 6.55. The third kappa shape index (κ3) is 2.60. The van der Waals surface area contributed by atoms with Gasteiger partial charge in [-0.1, -0.05) is 6.07 Å². The van der Waals surface area contributed by atoms with E-state index in [1.54, 1.807) is 6.07 Å². The van der Waals surface area contributed by atoms with Crippen molar-refractivity contribution in [3.63, 3.8) is 0 Å². The molecule has 3 N–H and O–H groups in total. The van der Waals surface area contributed by atoms with Crippen LogP contribution < -0.4 is 5.32 Å². The molecule has 1 aromatic rings. The third-order valence-electron chi connectivity index (χ3n) is 3.82. The highest BCUT2D eigenvalue weighted by atomic mass is 16.3. The molecule has 1 aliphatic rings.